The molecule has 0 aromatic carbocycles. The molecule has 4 aliphatic carbocycles. The van der Waals surface area contributed by atoms with Crippen LogP contribution < -0.4 is 11.1 Å². The molecule has 6 nitrogen and oxygen atoms in total. The van der Waals surface area contributed by atoms with E-state index >= 15 is 0 Å². The zero-order valence-electron chi connectivity index (χ0n) is 22.1. The fourth-order valence-electron chi connectivity index (χ4n) is 9.28. The number of carbonyl (C=O) groups is 1. The lowest BCUT2D eigenvalue weighted by Gasteiger charge is -2.63. The van der Waals surface area contributed by atoms with Gasteiger partial charge in [-0.3, -0.25) is 4.79 Å². The van der Waals surface area contributed by atoms with Crippen LogP contribution in [-0.2, 0) is 4.79 Å². The van der Waals surface area contributed by atoms with Crippen LogP contribution >= 0.6 is 12.4 Å². The largest absolute Gasteiger partial charge is 0.393 e. The van der Waals surface area contributed by atoms with Crippen molar-refractivity contribution in [1.29, 1.82) is 0 Å². The van der Waals surface area contributed by atoms with Gasteiger partial charge in [0, 0.05) is 13.0 Å². The Bertz CT molecular complexity index is 725. The van der Waals surface area contributed by atoms with Crippen molar-refractivity contribution in [3.05, 3.63) is 0 Å². The van der Waals surface area contributed by atoms with Gasteiger partial charge in [-0.2, -0.15) is 0 Å². The van der Waals surface area contributed by atoms with Crippen LogP contribution in [0.25, 0.3) is 0 Å². The average molecular weight is 515 g/mol. The number of aliphatic hydroxyl groups is 3. The molecule has 11 atom stereocenters. The van der Waals surface area contributed by atoms with E-state index in [1.165, 1.54) is 0 Å². The molecule has 0 saturated heterocycles. The molecule has 4 fully saturated rings. The molecule has 4 rings (SSSR count). The minimum Gasteiger partial charge on any atom is -0.393 e. The third-order valence-electron chi connectivity index (χ3n) is 11.3. The summed E-state index contributed by atoms with van der Waals surface area (Å²) in [5, 5.41) is 36.4. The highest BCUT2D eigenvalue weighted by atomic mass is 35.5. The molecule has 1 amide bonds. The predicted molar refractivity (Wildman–Crippen MR) is 141 cm³/mol. The van der Waals surface area contributed by atoms with Crippen LogP contribution in [0.15, 0.2) is 0 Å². The van der Waals surface area contributed by atoms with Crippen LogP contribution in [0.1, 0.15) is 91.4 Å². The number of fused-ring (bicyclic) bond motifs is 5. The van der Waals surface area contributed by atoms with E-state index in [1.807, 2.05) is 0 Å². The summed E-state index contributed by atoms with van der Waals surface area (Å²) in [6.45, 7) is 8.28. The minimum absolute atomic E-state index is 0. The number of nitrogens with two attached hydrogens (primary N) is 1. The highest BCUT2D eigenvalue weighted by Crippen LogP contribution is 2.68. The minimum atomic E-state index is -0.367. The van der Waals surface area contributed by atoms with Gasteiger partial charge in [-0.15, -0.1) is 12.4 Å². The number of rotatable bonds is 8. The molecule has 0 aliphatic heterocycles. The lowest BCUT2D eigenvalue weighted by Crippen LogP contribution is -2.62. The number of amides is 1. The van der Waals surface area contributed by atoms with Gasteiger partial charge in [0.2, 0.25) is 5.91 Å². The van der Waals surface area contributed by atoms with E-state index in [1.54, 1.807) is 0 Å². The third kappa shape index (κ3) is 5.30. The van der Waals surface area contributed by atoms with Gasteiger partial charge in [0.15, 0.2) is 0 Å². The molecule has 0 spiro atoms. The van der Waals surface area contributed by atoms with Gasteiger partial charge in [0.05, 0.1) is 18.3 Å². The zero-order chi connectivity index (χ0) is 24.7. The van der Waals surface area contributed by atoms with Crippen LogP contribution in [0.5, 0.6) is 0 Å². The Morgan fingerprint density at radius 1 is 1.06 bits per heavy atom. The van der Waals surface area contributed by atoms with Crippen molar-refractivity contribution < 1.29 is 20.1 Å². The fourth-order valence-corrected chi connectivity index (χ4v) is 9.28. The Hall–Kier alpha value is -0.400. The number of hydrogen-bond acceptors (Lipinski definition) is 5. The zero-order valence-corrected chi connectivity index (χ0v) is 22.9. The maximum Gasteiger partial charge on any atom is 0.220 e. The first-order valence-electron chi connectivity index (χ1n) is 14.1. The summed E-state index contributed by atoms with van der Waals surface area (Å²) >= 11 is 0. The number of nitrogens with one attached hydrogen (secondary N) is 1. The first-order valence-corrected chi connectivity index (χ1v) is 14.1. The van der Waals surface area contributed by atoms with Gasteiger partial charge < -0.3 is 26.4 Å². The topological polar surface area (TPSA) is 116 Å². The van der Waals surface area contributed by atoms with Crippen molar-refractivity contribution in [1.82, 2.24) is 5.32 Å². The van der Waals surface area contributed by atoms with E-state index in [0.717, 1.165) is 64.2 Å². The molecular weight excluding hydrogens is 464 g/mol. The summed E-state index contributed by atoms with van der Waals surface area (Å²) in [5.74, 6) is 2.12. The maximum atomic E-state index is 12.3. The summed E-state index contributed by atoms with van der Waals surface area (Å²) < 4.78 is 0. The van der Waals surface area contributed by atoms with Crippen molar-refractivity contribution >= 4 is 18.3 Å². The van der Waals surface area contributed by atoms with Gasteiger partial charge in [0.1, 0.15) is 0 Å². The van der Waals surface area contributed by atoms with Crippen LogP contribution in [-0.4, -0.2) is 52.6 Å². The smallest absolute Gasteiger partial charge is 0.220 e. The number of halogens is 1. The molecule has 4 aliphatic rings. The Morgan fingerprint density at radius 3 is 2.51 bits per heavy atom. The van der Waals surface area contributed by atoms with Gasteiger partial charge in [-0.05, 0) is 117 Å². The standard InChI is InChI=1S/C28H50N2O4.ClH/c1-17(6-9-25(34)30-13-5-4-12-29)20-7-8-21-26-22(16-24(33)28(20,21)3)27(2)11-10-19(31)14-18(27)15-23(26)32;/h17-24,26,31-33H,4-16,29H2,1-3H3,(H,30,34);1H/t17-,18+,19-,20-,21+,22+,23-,24+,26+,27+,28-;/m1./s1. The lowest BCUT2D eigenvalue weighted by atomic mass is 9.43. The molecule has 0 aromatic heterocycles. The second-order valence-corrected chi connectivity index (χ2v) is 12.9. The molecule has 0 bridgehead atoms. The van der Waals surface area contributed by atoms with Crippen molar-refractivity contribution in [3.63, 3.8) is 0 Å². The summed E-state index contributed by atoms with van der Waals surface area (Å²) in [5.41, 5.74) is 5.44. The first kappa shape index (κ1) is 29.2. The average Bonchev–Trinajstić information content (AvgIpc) is 3.15. The van der Waals surface area contributed by atoms with Crippen LogP contribution in [0.2, 0.25) is 0 Å². The number of unbranched alkanes of at least 4 members (excludes halogenated alkanes) is 1. The van der Waals surface area contributed by atoms with E-state index in [-0.39, 0.29) is 53.4 Å². The van der Waals surface area contributed by atoms with Crippen molar-refractivity contribution in [3.8, 4) is 0 Å². The molecule has 0 radical (unpaired) electrons. The van der Waals surface area contributed by atoms with E-state index < -0.39 is 0 Å². The van der Waals surface area contributed by atoms with Gasteiger partial charge >= 0.3 is 0 Å². The molecule has 7 heteroatoms. The Kier molecular flexibility index (Phi) is 9.62. The molecule has 0 heterocycles. The van der Waals surface area contributed by atoms with Crippen molar-refractivity contribution in [2.45, 2.75) is 110 Å². The second-order valence-electron chi connectivity index (χ2n) is 12.9. The Morgan fingerprint density at radius 2 is 1.80 bits per heavy atom. The molecule has 0 unspecified atom stereocenters. The van der Waals surface area contributed by atoms with Crippen molar-refractivity contribution in [2.75, 3.05) is 13.1 Å². The highest BCUT2D eigenvalue weighted by molar-refractivity contribution is 5.85. The molecular formula is C28H51ClN2O4. The normalized spacial score (nSPS) is 45.5. The van der Waals surface area contributed by atoms with Gasteiger partial charge in [-0.1, -0.05) is 20.8 Å². The van der Waals surface area contributed by atoms with Crippen molar-refractivity contribution in [2.24, 2.45) is 52.1 Å². The number of hydrogen-bond donors (Lipinski definition) is 5. The molecule has 204 valence electrons. The maximum absolute atomic E-state index is 12.3. The lowest BCUT2D eigenvalue weighted by molar-refractivity contribution is -0.207. The summed E-state index contributed by atoms with van der Waals surface area (Å²) in [4.78, 5) is 12.3. The number of aliphatic hydroxyl groups excluding tert-OH is 3. The molecule has 6 N–H and O–H groups in total. The van der Waals surface area contributed by atoms with Gasteiger partial charge in [0.25, 0.3) is 0 Å². The summed E-state index contributed by atoms with van der Waals surface area (Å²) in [7, 11) is 0. The Labute approximate surface area is 218 Å². The van der Waals surface area contributed by atoms with Crippen LogP contribution in [0.4, 0.5) is 0 Å². The van der Waals surface area contributed by atoms with E-state index in [9.17, 15) is 20.1 Å². The molecule has 4 saturated carbocycles. The molecule has 0 aromatic rings. The van der Waals surface area contributed by atoms with Gasteiger partial charge in [-0.25, -0.2) is 0 Å². The summed E-state index contributed by atoms with van der Waals surface area (Å²) in [6.07, 6.45) is 8.64. The Balaban J connectivity index is 0.00000342. The second kappa shape index (κ2) is 11.6. The predicted octanol–water partition coefficient (Wildman–Crippen LogP) is 3.64. The van der Waals surface area contributed by atoms with Crippen LogP contribution in [0, 0.1) is 46.3 Å². The van der Waals surface area contributed by atoms with Crippen LogP contribution in [0.3, 0.4) is 0 Å². The first-order chi connectivity index (χ1) is 16.1. The van der Waals surface area contributed by atoms with E-state index in [0.29, 0.717) is 49.1 Å². The highest BCUT2D eigenvalue weighted by Gasteiger charge is 2.65. The van der Waals surface area contributed by atoms with E-state index in [2.05, 4.69) is 26.1 Å². The quantitative estimate of drug-likeness (QED) is 0.317. The van der Waals surface area contributed by atoms with E-state index in [4.69, 9.17) is 5.73 Å². The monoisotopic (exact) mass is 514 g/mol. The fraction of sp³-hybridized carbons (Fsp3) is 0.964. The summed E-state index contributed by atoms with van der Waals surface area (Å²) in [6, 6.07) is 0. The third-order valence-corrected chi connectivity index (χ3v) is 11.3. The molecule has 35 heavy (non-hydrogen) atoms. The SMILES string of the molecule is C[C@H](CCC(=O)NCCCCN)[C@H]1CC[C@H]2[C@@H]3[C@H](O)C[C@@H]4C[C@H](O)CC[C@]4(C)[C@H]3C[C@H](O)[C@]12C.Cl. The number of carbonyl (C=O) groups excluding carboxylic acids is 1.